The zero-order valence-electron chi connectivity index (χ0n) is 17.9. The Morgan fingerprint density at radius 1 is 0.933 bits per heavy atom. The number of rotatable bonds is 6. The molecule has 0 saturated carbocycles. The Bertz CT molecular complexity index is 1210. The van der Waals surface area contributed by atoms with E-state index in [9.17, 15) is 0 Å². The molecule has 2 aromatic heterocycles. The van der Waals surface area contributed by atoms with Crippen molar-refractivity contribution in [2.75, 3.05) is 0 Å². The first-order chi connectivity index (χ1) is 14.6. The summed E-state index contributed by atoms with van der Waals surface area (Å²) in [5, 5.41) is 0. The zero-order chi connectivity index (χ0) is 21.1. The Kier molecular flexibility index (Phi) is 5.59. The minimum atomic E-state index is 0.527. The molecule has 0 aliphatic carbocycles. The largest absolute Gasteiger partial charge is 0.481 e. The predicted octanol–water partition coefficient (Wildman–Crippen LogP) is 4.96. The molecule has 0 spiro atoms. The van der Waals surface area contributed by atoms with Crippen molar-refractivity contribution in [1.29, 1.82) is 0 Å². The molecule has 3 nitrogen and oxygen atoms in total. The van der Waals surface area contributed by atoms with Gasteiger partial charge in [0.2, 0.25) is 5.75 Å². The molecule has 0 aliphatic heterocycles. The molecule has 0 aliphatic rings. The summed E-state index contributed by atoms with van der Waals surface area (Å²) in [6, 6.07) is 21.0. The van der Waals surface area contributed by atoms with Crippen molar-refractivity contribution in [2.24, 2.45) is 0 Å². The third kappa shape index (κ3) is 3.95. The van der Waals surface area contributed by atoms with Gasteiger partial charge in [-0.15, -0.1) is 6.42 Å². The lowest BCUT2D eigenvalue weighted by molar-refractivity contribution is -0.520. The highest BCUT2D eigenvalue weighted by atomic mass is 16.5. The molecule has 0 radical (unpaired) electrons. The molecule has 30 heavy (non-hydrogen) atoms. The van der Waals surface area contributed by atoms with E-state index < -0.39 is 0 Å². The minimum Gasteiger partial charge on any atom is -0.481 e. The van der Waals surface area contributed by atoms with Gasteiger partial charge in [0.1, 0.15) is 18.8 Å². The van der Waals surface area contributed by atoms with Crippen LogP contribution in [0.1, 0.15) is 33.6 Å². The van der Waals surface area contributed by atoms with Gasteiger partial charge in [-0.05, 0) is 37.1 Å². The maximum Gasteiger partial charge on any atom is 0.330 e. The van der Waals surface area contributed by atoms with Crippen LogP contribution in [0.15, 0.2) is 66.9 Å². The van der Waals surface area contributed by atoms with Crippen molar-refractivity contribution in [1.82, 2.24) is 4.57 Å². The number of imidazole rings is 1. The lowest BCUT2D eigenvalue weighted by Gasteiger charge is -2.08. The SMILES string of the molecule is C#CCc1c(C)n(Cc2cc(C)cc(C)c2)c2c(OCc3ccccc3)ccc[n+]12. The zero-order valence-corrected chi connectivity index (χ0v) is 17.9. The Morgan fingerprint density at radius 2 is 1.67 bits per heavy atom. The third-order valence-corrected chi connectivity index (χ3v) is 5.43. The van der Waals surface area contributed by atoms with Crippen LogP contribution in [-0.4, -0.2) is 4.57 Å². The molecule has 0 bridgehead atoms. The molecule has 0 atom stereocenters. The van der Waals surface area contributed by atoms with Crippen LogP contribution >= 0.6 is 0 Å². The first-order valence-corrected chi connectivity index (χ1v) is 10.3. The van der Waals surface area contributed by atoms with E-state index in [-0.39, 0.29) is 0 Å². The quantitative estimate of drug-likeness (QED) is 0.334. The lowest BCUT2D eigenvalue weighted by Crippen LogP contribution is -2.25. The number of hydrogen-bond acceptors (Lipinski definition) is 1. The Morgan fingerprint density at radius 3 is 2.37 bits per heavy atom. The van der Waals surface area contributed by atoms with Crippen LogP contribution < -0.4 is 9.14 Å². The highest BCUT2D eigenvalue weighted by Crippen LogP contribution is 2.24. The van der Waals surface area contributed by atoms with Crippen molar-refractivity contribution in [3.8, 4) is 18.1 Å². The van der Waals surface area contributed by atoms with E-state index in [0.717, 1.165) is 29.2 Å². The smallest absolute Gasteiger partial charge is 0.330 e. The predicted molar refractivity (Wildman–Crippen MR) is 121 cm³/mol. The topological polar surface area (TPSA) is 18.3 Å². The van der Waals surface area contributed by atoms with Gasteiger partial charge in [-0.3, -0.25) is 0 Å². The fourth-order valence-corrected chi connectivity index (χ4v) is 4.14. The van der Waals surface area contributed by atoms with Gasteiger partial charge in [-0.25, -0.2) is 4.57 Å². The maximum absolute atomic E-state index is 6.28. The number of terminal acetylenes is 1. The molecule has 0 unspecified atom stereocenters. The lowest BCUT2D eigenvalue weighted by atomic mass is 10.1. The minimum absolute atomic E-state index is 0.527. The average molecular weight is 396 g/mol. The van der Waals surface area contributed by atoms with Gasteiger partial charge >= 0.3 is 5.65 Å². The van der Waals surface area contributed by atoms with E-state index in [0.29, 0.717) is 13.0 Å². The molecule has 0 fully saturated rings. The number of nitrogens with zero attached hydrogens (tertiary/aromatic N) is 2. The number of pyridine rings is 1. The van der Waals surface area contributed by atoms with Gasteiger partial charge in [-0.2, -0.15) is 4.40 Å². The standard InChI is InChI=1S/C27H27N2O/c1-5-10-25-22(4)29(18-24-16-20(2)15-21(3)17-24)27-26(13-9-14-28(25)27)30-19-23-11-7-6-8-12-23/h1,6-9,11-17H,10,18-19H2,2-4H3/q+1. The molecule has 2 heterocycles. The number of benzene rings is 2. The second-order valence-electron chi connectivity index (χ2n) is 7.84. The summed E-state index contributed by atoms with van der Waals surface area (Å²) in [6.07, 6.45) is 8.34. The van der Waals surface area contributed by atoms with Gasteiger partial charge < -0.3 is 4.74 Å². The maximum atomic E-state index is 6.28. The normalized spacial score (nSPS) is 10.9. The van der Waals surface area contributed by atoms with Crippen molar-refractivity contribution < 1.29 is 9.14 Å². The fourth-order valence-electron chi connectivity index (χ4n) is 4.14. The van der Waals surface area contributed by atoms with Crippen LogP contribution in [0, 0.1) is 33.1 Å². The summed E-state index contributed by atoms with van der Waals surface area (Å²) < 4.78 is 10.8. The first-order valence-electron chi connectivity index (χ1n) is 10.3. The van der Waals surface area contributed by atoms with E-state index in [1.54, 1.807) is 0 Å². The van der Waals surface area contributed by atoms with Crippen molar-refractivity contribution in [2.45, 2.75) is 40.3 Å². The van der Waals surface area contributed by atoms with Gasteiger partial charge in [0, 0.05) is 6.92 Å². The van der Waals surface area contributed by atoms with Gasteiger partial charge in [0.15, 0.2) is 5.69 Å². The van der Waals surface area contributed by atoms with E-state index in [1.165, 1.54) is 22.4 Å². The summed E-state index contributed by atoms with van der Waals surface area (Å²) in [5.74, 6) is 3.67. The van der Waals surface area contributed by atoms with E-state index in [2.05, 4.69) is 72.2 Å². The highest BCUT2D eigenvalue weighted by Gasteiger charge is 2.26. The van der Waals surface area contributed by atoms with Crippen LogP contribution in [-0.2, 0) is 19.6 Å². The summed E-state index contributed by atoms with van der Waals surface area (Å²) in [4.78, 5) is 0. The fraction of sp³-hybridized carbons (Fsp3) is 0.222. The van der Waals surface area contributed by atoms with E-state index in [1.807, 2.05) is 30.3 Å². The molecule has 2 aromatic carbocycles. The van der Waals surface area contributed by atoms with Crippen molar-refractivity contribution >= 4 is 5.65 Å². The van der Waals surface area contributed by atoms with Gasteiger partial charge in [0.25, 0.3) is 0 Å². The number of hydrogen-bond donors (Lipinski definition) is 0. The van der Waals surface area contributed by atoms with Gasteiger partial charge in [-0.1, -0.05) is 65.6 Å². The van der Waals surface area contributed by atoms with E-state index >= 15 is 0 Å². The first kappa shape index (κ1) is 19.8. The van der Waals surface area contributed by atoms with Crippen LogP contribution in [0.3, 0.4) is 0 Å². The van der Waals surface area contributed by atoms with Crippen LogP contribution in [0.2, 0.25) is 0 Å². The molecular weight excluding hydrogens is 368 g/mol. The summed E-state index contributed by atoms with van der Waals surface area (Å²) in [5.41, 5.74) is 8.30. The molecule has 0 saturated heterocycles. The molecule has 3 heteroatoms. The third-order valence-electron chi connectivity index (χ3n) is 5.43. The molecule has 150 valence electrons. The van der Waals surface area contributed by atoms with Crippen LogP contribution in [0.25, 0.3) is 5.65 Å². The Hall–Kier alpha value is -3.51. The van der Waals surface area contributed by atoms with Crippen LogP contribution in [0.4, 0.5) is 0 Å². The average Bonchev–Trinajstić information content (AvgIpc) is 2.99. The highest BCUT2D eigenvalue weighted by molar-refractivity contribution is 5.51. The van der Waals surface area contributed by atoms with Crippen molar-refractivity contribution in [3.05, 3.63) is 101 Å². The molecule has 0 N–H and O–H groups in total. The number of aryl methyl sites for hydroxylation is 2. The Labute approximate surface area is 178 Å². The van der Waals surface area contributed by atoms with Crippen molar-refractivity contribution in [3.63, 3.8) is 0 Å². The summed E-state index contributed by atoms with van der Waals surface area (Å²) >= 11 is 0. The molecule has 4 aromatic rings. The second kappa shape index (κ2) is 8.47. The monoisotopic (exact) mass is 395 g/mol. The van der Waals surface area contributed by atoms with Gasteiger partial charge in [0.05, 0.1) is 12.6 Å². The van der Waals surface area contributed by atoms with Crippen LogP contribution in [0.5, 0.6) is 5.75 Å². The molecular formula is C27H27N2O+. The molecule has 0 amide bonds. The number of aromatic nitrogens is 2. The summed E-state index contributed by atoms with van der Waals surface area (Å²) in [6.45, 7) is 7.73. The summed E-state index contributed by atoms with van der Waals surface area (Å²) in [7, 11) is 0. The number of fused-ring (bicyclic) bond motifs is 1. The van der Waals surface area contributed by atoms with E-state index in [4.69, 9.17) is 11.2 Å². The number of ether oxygens (including phenoxy) is 1. The molecule has 4 rings (SSSR count). The second-order valence-corrected chi connectivity index (χ2v) is 7.84. The Balaban J connectivity index is 1.81.